The number of carbonyl (C=O) groups excluding carboxylic acids is 1. The number of rotatable bonds is 6. The van der Waals surface area contributed by atoms with Crippen LogP contribution in [-0.4, -0.2) is 27.2 Å². The number of ether oxygens (including phenoxy) is 3. The summed E-state index contributed by atoms with van der Waals surface area (Å²) in [5.74, 6) is 1.72. The van der Waals surface area contributed by atoms with Crippen molar-refractivity contribution in [2.24, 2.45) is 0 Å². The topological polar surface area (TPSA) is 56.8 Å². The first-order valence-electron chi connectivity index (χ1n) is 7.61. The third kappa shape index (κ3) is 3.45. The Morgan fingerprint density at radius 2 is 1.58 bits per heavy atom. The first-order valence-corrected chi connectivity index (χ1v) is 7.61. The lowest BCUT2D eigenvalue weighted by molar-refractivity contribution is -0.120. The first kappa shape index (κ1) is 17.7. The molecule has 2 rings (SSSR count). The summed E-state index contributed by atoms with van der Waals surface area (Å²) in [4.78, 5) is 12.9. The summed E-state index contributed by atoms with van der Waals surface area (Å²) in [5.41, 5.74) is 0.626. The molecule has 2 aromatic carbocycles. The third-order valence-corrected chi connectivity index (χ3v) is 4.00. The van der Waals surface area contributed by atoms with Crippen molar-refractivity contribution in [2.45, 2.75) is 19.3 Å². The molecule has 0 aliphatic carbocycles. The fraction of sp³-hybridized carbons (Fsp3) is 0.316. The number of carbonyl (C=O) groups is 1. The van der Waals surface area contributed by atoms with E-state index in [0.717, 1.165) is 5.56 Å². The Kier molecular flexibility index (Phi) is 5.34. The zero-order chi connectivity index (χ0) is 17.7. The Morgan fingerprint density at radius 3 is 2.21 bits per heavy atom. The summed E-state index contributed by atoms with van der Waals surface area (Å²) in [5, 5.41) is 2.93. The van der Waals surface area contributed by atoms with Crippen LogP contribution in [0.4, 0.5) is 5.69 Å². The standard InChI is InChI=1S/C19H23NO4/c1-19(2,14-8-6-7-9-16(14)23-4)18(21)20-15-11-10-13(22-3)12-17(15)24-5/h6-12H,1-5H3,(H,20,21). The van der Waals surface area contributed by atoms with Gasteiger partial charge in [0.2, 0.25) is 5.91 Å². The third-order valence-electron chi connectivity index (χ3n) is 4.00. The molecule has 2 aromatic rings. The molecule has 0 fully saturated rings. The molecule has 5 nitrogen and oxygen atoms in total. The van der Waals surface area contributed by atoms with Crippen molar-refractivity contribution in [3.63, 3.8) is 0 Å². The van der Waals surface area contributed by atoms with Crippen molar-refractivity contribution in [2.75, 3.05) is 26.6 Å². The number of benzene rings is 2. The molecule has 0 bridgehead atoms. The number of hydrogen-bond donors (Lipinski definition) is 1. The molecule has 0 spiro atoms. The smallest absolute Gasteiger partial charge is 0.234 e. The van der Waals surface area contributed by atoms with Crippen molar-refractivity contribution in [1.82, 2.24) is 0 Å². The maximum absolute atomic E-state index is 12.9. The van der Waals surface area contributed by atoms with Gasteiger partial charge in [-0.3, -0.25) is 4.79 Å². The van der Waals surface area contributed by atoms with E-state index < -0.39 is 5.41 Å². The largest absolute Gasteiger partial charge is 0.497 e. The Balaban J connectivity index is 2.31. The van der Waals surface area contributed by atoms with E-state index >= 15 is 0 Å². The molecule has 1 amide bonds. The molecule has 0 radical (unpaired) electrons. The minimum Gasteiger partial charge on any atom is -0.497 e. The van der Waals surface area contributed by atoms with Crippen LogP contribution in [-0.2, 0) is 10.2 Å². The van der Waals surface area contributed by atoms with Gasteiger partial charge in [0.05, 0.1) is 32.4 Å². The summed E-state index contributed by atoms with van der Waals surface area (Å²) in [6, 6.07) is 12.8. The van der Waals surface area contributed by atoms with Gasteiger partial charge in [0.25, 0.3) is 0 Å². The van der Waals surface area contributed by atoms with E-state index in [4.69, 9.17) is 14.2 Å². The second-order valence-corrected chi connectivity index (χ2v) is 5.85. The maximum Gasteiger partial charge on any atom is 0.234 e. The van der Waals surface area contributed by atoms with E-state index in [2.05, 4.69) is 5.32 Å². The average Bonchev–Trinajstić information content (AvgIpc) is 2.61. The highest BCUT2D eigenvalue weighted by Crippen LogP contribution is 2.34. The lowest BCUT2D eigenvalue weighted by Crippen LogP contribution is -2.35. The molecule has 0 heterocycles. The monoisotopic (exact) mass is 329 g/mol. The van der Waals surface area contributed by atoms with Gasteiger partial charge in [-0.2, -0.15) is 0 Å². The van der Waals surface area contributed by atoms with E-state index in [1.165, 1.54) is 0 Å². The van der Waals surface area contributed by atoms with Gasteiger partial charge in [-0.05, 0) is 32.0 Å². The summed E-state index contributed by atoms with van der Waals surface area (Å²) < 4.78 is 15.9. The highest BCUT2D eigenvalue weighted by atomic mass is 16.5. The van der Waals surface area contributed by atoms with E-state index in [9.17, 15) is 4.79 Å². The van der Waals surface area contributed by atoms with Gasteiger partial charge in [-0.25, -0.2) is 0 Å². The molecule has 24 heavy (non-hydrogen) atoms. The highest BCUT2D eigenvalue weighted by molar-refractivity contribution is 6.00. The van der Waals surface area contributed by atoms with Crippen LogP contribution in [0.3, 0.4) is 0 Å². The number of anilines is 1. The lowest BCUT2D eigenvalue weighted by Gasteiger charge is -2.26. The summed E-state index contributed by atoms with van der Waals surface area (Å²) >= 11 is 0. The molecule has 0 aliphatic heterocycles. The van der Waals surface area contributed by atoms with Crippen LogP contribution >= 0.6 is 0 Å². The van der Waals surface area contributed by atoms with Crippen LogP contribution in [0.25, 0.3) is 0 Å². The predicted molar refractivity (Wildman–Crippen MR) is 94.2 cm³/mol. The van der Waals surface area contributed by atoms with Gasteiger partial charge in [0.15, 0.2) is 0 Å². The Labute approximate surface area is 142 Å². The molecular weight excluding hydrogens is 306 g/mol. The van der Waals surface area contributed by atoms with Gasteiger partial charge in [0.1, 0.15) is 17.2 Å². The maximum atomic E-state index is 12.9. The van der Waals surface area contributed by atoms with Crippen molar-refractivity contribution in [1.29, 1.82) is 0 Å². The highest BCUT2D eigenvalue weighted by Gasteiger charge is 2.33. The fourth-order valence-corrected chi connectivity index (χ4v) is 2.46. The molecule has 0 aliphatic rings. The second kappa shape index (κ2) is 7.25. The van der Waals surface area contributed by atoms with Crippen LogP contribution in [0.15, 0.2) is 42.5 Å². The summed E-state index contributed by atoms with van der Waals surface area (Å²) in [7, 11) is 4.73. The molecule has 0 saturated heterocycles. The van der Waals surface area contributed by atoms with Gasteiger partial charge < -0.3 is 19.5 Å². The SMILES string of the molecule is COc1ccc(NC(=O)C(C)(C)c2ccccc2OC)c(OC)c1. The minimum atomic E-state index is -0.780. The number of para-hydroxylation sites is 1. The number of amides is 1. The van der Waals surface area contributed by atoms with Gasteiger partial charge >= 0.3 is 0 Å². The molecule has 0 saturated carbocycles. The molecule has 0 aromatic heterocycles. The summed E-state index contributed by atoms with van der Waals surface area (Å²) in [6.07, 6.45) is 0. The second-order valence-electron chi connectivity index (χ2n) is 5.85. The van der Waals surface area contributed by atoms with Crippen molar-refractivity contribution >= 4 is 11.6 Å². The minimum absolute atomic E-state index is 0.157. The normalized spacial score (nSPS) is 10.9. The van der Waals surface area contributed by atoms with Crippen LogP contribution < -0.4 is 19.5 Å². The van der Waals surface area contributed by atoms with Crippen molar-refractivity contribution < 1.29 is 19.0 Å². The van der Waals surface area contributed by atoms with Gasteiger partial charge in [0, 0.05) is 11.6 Å². The Hall–Kier alpha value is -2.69. The zero-order valence-corrected chi connectivity index (χ0v) is 14.7. The zero-order valence-electron chi connectivity index (χ0n) is 14.7. The molecule has 1 N–H and O–H groups in total. The molecular formula is C19H23NO4. The van der Waals surface area contributed by atoms with Crippen LogP contribution in [0.2, 0.25) is 0 Å². The van der Waals surface area contributed by atoms with Crippen LogP contribution in [0.5, 0.6) is 17.2 Å². The van der Waals surface area contributed by atoms with E-state index in [-0.39, 0.29) is 5.91 Å². The molecule has 5 heteroatoms. The van der Waals surface area contributed by atoms with Crippen molar-refractivity contribution in [3.05, 3.63) is 48.0 Å². The van der Waals surface area contributed by atoms with Crippen LogP contribution in [0, 0.1) is 0 Å². The quantitative estimate of drug-likeness (QED) is 0.879. The van der Waals surface area contributed by atoms with E-state index in [1.54, 1.807) is 39.5 Å². The molecule has 128 valence electrons. The average molecular weight is 329 g/mol. The fourth-order valence-electron chi connectivity index (χ4n) is 2.46. The summed E-state index contributed by atoms with van der Waals surface area (Å²) in [6.45, 7) is 3.71. The van der Waals surface area contributed by atoms with Crippen molar-refractivity contribution in [3.8, 4) is 17.2 Å². The van der Waals surface area contributed by atoms with Gasteiger partial charge in [-0.1, -0.05) is 18.2 Å². The molecule has 0 atom stereocenters. The van der Waals surface area contributed by atoms with E-state index in [1.807, 2.05) is 38.1 Å². The molecule has 0 unspecified atom stereocenters. The Bertz CT molecular complexity index is 725. The van der Waals surface area contributed by atoms with E-state index in [0.29, 0.717) is 22.9 Å². The number of methoxy groups -OCH3 is 3. The van der Waals surface area contributed by atoms with Crippen LogP contribution in [0.1, 0.15) is 19.4 Å². The Morgan fingerprint density at radius 1 is 0.917 bits per heavy atom. The number of nitrogens with one attached hydrogen (secondary N) is 1. The number of hydrogen-bond acceptors (Lipinski definition) is 4. The lowest BCUT2D eigenvalue weighted by atomic mass is 9.83. The predicted octanol–water partition coefficient (Wildman–Crippen LogP) is 3.63. The van der Waals surface area contributed by atoms with Gasteiger partial charge in [-0.15, -0.1) is 0 Å². The first-order chi connectivity index (χ1) is 11.4.